The summed E-state index contributed by atoms with van der Waals surface area (Å²) in [5.74, 6) is -0.344. The van der Waals surface area contributed by atoms with Crippen LogP contribution in [-0.2, 0) is 4.74 Å². The smallest absolute Gasteiger partial charge is 0.337 e. The third-order valence-electron chi connectivity index (χ3n) is 3.19. The van der Waals surface area contributed by atoms with E-state index in [2.05, 4.69) is 10.1 Å². The molecule has 0 radical (unpaired) electrons. The number of fused-ring (bicyclic) bond motifs is 1. The molecule has 0 aliphatic carbocycles. The molecule has 0 aliphatic rings. The summed E-state index contributed by atoms with van der Waals surface area (Å²) in [6, 6.07) is 9.20. The Kier molecular flexibility index (Phi) is 2.95. The highest BCUT2D eigenvalue weighted by atomic mass is 16.5. The van der Waals surface area contributed by atoms with Gasteiger partial charge in [0.2, 0.25) is 0 Å². The van der Waals surface area contributed by atoms with Gasteiger partial charge in [0.1, 0.15) is 0 Å². The van der Waals surface area contributed by atoms with Crippen molar-refractivity contribution in [3.8, 4) is 5.69 Å². The first kappa shape index (κ1) is 12.3. The number of methoxy groups -OCH3 is 1. The van der Waals surface area contributed by atoms with Crippen LogP contribution >= 0.6 is 0 Å². The fraction of sp³-hybridized carbons (Fsp3) is 0.133. The van der Waals surface area contributed by atoms with Crippen molar-refractivity contribution >= 4 is 16.9 Å². The van der Waals surface area contributed by atoms with E-state index in [1.165, 1.54) is 7.11 Å². The number of hydrogen-bond acceptors (Lipinski definition) is 4. The van der Waals surface area contributed by atoms with Crippen LogP contribution in [0.1, 0.15) is 16.1 Å². The second-order valence-electron chi connectivity index (χ2n) is 4.43. The van der Waals surface area contributed by atoms with Gasteiger partial charge in [-0.05, 0) is 37.3 Å². The van der Waals surface area contributed by atoms with Gasteiger partial charge in [-0.25, -0.2) is 9.48 Å². The van der Waals surface area contributed by atoms with Crippen molar-refractivity contribution in [3.63, 3.8) is 0 Å². The monoisotopic (exact) mass is 267 g/mol. The summed E-state index contributed by atoms with van der Waals surface area (Å²) in [4.78, 5) is 15.6. The number of esters is 1. The van der Waals surface area contributed by atoms with Crippen molar-refractivity contribution in [1.29, 1.82) is 0 Å². The van der Waals surface area contributed by atoms with Gasteiger partial charge in [-0.2, -0.15) is 5.10 Å². The second kappa shape index (κ2) is 4.77. The predicted molar refractivity (Wildman–Crippen MR) is 74.9 cm³/mol. The average molecular weight is 267 g/mol. The van der Waals surface area contributed by atoms with Crippen LogP contribution < -0.4 is 0 Å². The maximum atomic E-state index is 11.6. The molecule has 0 bridgehead atoms. The number of ether oxygens (including phenoxy) is 1. The quantitative estimate of drug-likeness (QED) is 0.669. The van der Waals surface area contributed by atoms with Crippen molar-refractivity contribution in [3.05, 3.63) is 54.0 Å². The number of aryl methyl sites for hydroxylation is 1. The number of carbonyl (C=O) groups is 1. The van der Waals surface area contributed by atoms with Gasteiger partial charge in [0, 0.05) is 17.8 Å². The van der Waals surface area contributed by atoms with E-state index in [0.717, 1.165) is 22.3 Å². The van der Waals surface area contributed by atoms with Gasteiger partial charge in [-0.1, -0.05) is 0 Å². The molecule has 3 aromatic rings. The molecule has 2 heterocycles. The first-order valence-corrected chi connectivity index (χ1v) is 6.19. The molecule has 0 atom stereocenters. The van der Waals surface area contributed by atoms with Crippen LogP contribution in [0.4, 0.5) is 0 Å². The Bertz CT molecular complexity index is 778. The van der Waals surface area contributed by atoms with E-state index < -0.39 is 0 Å². The highest BCUT2D eigenvalue weighted by Gasteiger charge is 2.12. The maximum Gasteiger partial charge on any atom is 0.337 e. The molecule has 0 spiro atoms. The number of benzene rings is 1. The van der Waals surface area contributed by atoms with Gasteiger partial charge in [0.05, 0.1) is 29.6 Å². The van der Waals surface area contributed by atoms with Crippen molar-refractivity contribution in [2.75, 3.05) is 7.11 Å². The van der Waals surface area contributed by atoms with E-state index in [-0.39, 0.29) is 5.97 Å². The lowest BCUT2D eigenvalue weighted by atomic mass is 10.1. The number of hydrogen-bond donors (Lipinski definition) is 0. The van der Waals surface area contributed by atoms with Gasteiger partial charge < -0.3 is 4.74 Å². The van der Waals surface area contributed by atoms with Crippen molar-refractivity contribution < 1.29 is 9.53 Å². The number of pyridine rings is 1. The van der Waals surface area contributed by atoms with Gasteiger partial charge in [-0.3, -0.25) is 4.98 Å². The molecular formula is C15H13N3O2. The molecule has 0 saturated heterocycles. The number of aromatic nitrogens is 3. The summed E-state index contributed by atoms with van der Waals surface area (Å²) in [6.45, 7) is 1.92. The standard InChI is InChI=1S/C15H13N3O2/c1-10-13-9-11(15(19)20-2)3-4-14(13)18(17-10)12-5-7-16-8-6-12/h3-9H,1-2H3. The molecule has 0 fully saturated rings. The summed E-state index contributed by atoms with van der Waals surface area (Å²) in [5.41, 5.74) is 3.27. The topological polar surface area (TPSA) is 57.0 Å². The van der Waals surface area contributed by atoms with Crippen LogP contribution in [0.25, 0.3) is 16.6 Å². The lowest BCUT2D eigenvalue weighted by Gasteiger charge is -2.03. The zero-order valence-corrected chi connectivity index (χ0v) is 11.2. The Hall–Kier alpha value is -2.69. The van der Waals surface area contributed by atoms with Gasteiger partial charge in [0.15, 0.2) is 0 Å². The minimum absolute atomic E-state index is 0.344. The normalized spacial score (nSPS) is 10.7. The summed E-state index contributed by atoms with van der Waals surface area (Å²) in [6.07, 6.45) is 3.45. The Balaban J connectivity index is 2.20. The van der Waals surface area contributed by atoms with E-state index >= 15 is 0 Å². The Morgan fingerprint density at radius 1 is 1.20 bits per heavy atom. The van der Waals surface area contributed by atoms with Crippen LogP contribution in [-0.4, -0.2) is 27.8 Å². The molecule has 5 heteroatoms. The van der Waals surface area contributed by atoms with Gasteiger partial charge in [-0.15, -0.1) is 0 Å². The number of nitrogens with zero attached hydrogens (tertiary/aromatic N) is 3. The summed E-state index contributed by atoms with van der Waals surface area (Å²) >= 11 is 0. The summed E-state index contributed by atoms with van der Waals surface area (Å²) < 4.78 is 6.58. The molecule has 0 amide bonds. The molecule has 5 nitrogen and oxygen atoms in total. The predicted octanol–water partition coefficient (Wildman–Crippen LogP) is 2.52. The van der Waals surface area contributed by atoms with Crippen LogP contribution in [0.5, 0.6) is 0 Å². The Morgan fingerprint density at radius 3 is 2.65 bits per heavy atom. The largest absolute Gasteiger partial charge is 0.465 e. The first-order chi connectivity index (χ1) is 9.70. The fourth-order valence-corrected chi connectivity index (χ4v) is 2.20. The molecule has 2 aromatic heterocycles. The minimum Gasteiger partial charge on any atom is -0.465 e. The first-order valence-electron chi connectivity index (χ1n) is 6.19. The average Bonchev–Trinajstić information content (AvgIpc) is 2.84. The van der Waals surface area contributed by atoms with Gasteiger partial charge >= 0.3 is 5.97 Å². The summed E-state index contributed by atoms with van der Waals surface area (Å²) in [7, 11) is 1.37. The van der Waals surface area contributed by atoms with E-state index in [0.29, 0.717) is 5.56 Å². The zero-order chi connectivity index (χ0) is 14.1. The van der Waals surface area contributed by atoms with Crippen molar-refractivity contribution in [2.24, 2.45) is 0 Å². The maximum absolute atomic E-state index is 11.6. The molecule has 20 heavy (non-hydrogen) atoms. The number of rotatable bonds is 2. The molecule has 1 aromatic carbocycles. The fourth-order valence-electron chi connectivity index (χ4n) is 2.20. The minimum atomic E-state index is -0.344. The van der Waals surface area contributed by atoms with E-state index in [1.54, 1.807) is 24.5 Å². The lowest BCUT2D eigenvalue weighted by molar-refractivity contribution is 0.0601. The molecular weight excluding hydrogens is 254 g/mol. The van der Waals surface area contributed by atoms with Crippen LogP contribution in [0, 0.1) is 6.92 Å². The van der Waals surface area contributed by atoms with E-state index in [4.69, 9.17) is 4.74 Å². The van der Waals surface area contributed by atoms with E-state index in [9.17, 15) is 4.79 Å². The van der Waals surface area contributed by atoms with Crippen LogP contribution in [0.15, 0.2) is 42.7 Å². The zero-order valence-electron chi connectivity index (χ0n) is 11.2. The number of carbonyl (C=O) groups excluding carboxylic acids is 1. The second-order valence-corrected chi connectivity index (χ2v) is 4.43. The summed E-state index contributed by atoms with van der Waals surface area (Å²) in [5, 5.41) is 5.46. The molecule has 0 aliphatic heterocycles. The molecule has 0 N–H and O–H groups in total. The van der Waals surface area contributed by atoms with Gasteiger partial charge in [0.25, 0.3) is 0 Å². The van der Waals surface area contributed by atoms with Crippen molar-refractivity contribution in [2.45, 2.75) is 6.92 Å². The Labute approximate surface area is 115 Å². The highest BCUT2D eigenvalue weighted by Crippen LogP contribution is 2.23. The molecule has 3 rings (SSSR count). The van der Waals surface area contributed by atoms with Crippen LogP contribution in [0.2, 0.25) is 0 Å². The van der Waals surface area contributed by atoms with Crippen molar-refractivity contribution in [1.82, 2.24) is 14.8 Å². The SMILES string of the molecule is COC(=O)c1ccc2c(c1)c(C)nn2-c1ccncc1. The third-order valence-corrected chi connectivity index (χ3v) is 3.19. The molecule has 0 saturated carbocycles. The highest BCUT2D eigenvalue weighted by molar-refractivity contribution is 5.95. The van der Waals surface area contributed by atoms with E-state index in [1.807, 2.05) is 29.8 Å². The molecule has 100 valence electrons. The Morgan fingerprint density at radius 2 is 1.95 bits per heavy atom. The third kappa shape index (κ3) is 1.93. The van der Waals surface area contributed by atoms with Crippen LogP contribution in [0.3, 0.4) is 0 Å². The lowest BCUT2D eigenvalue weighted by Crippen LogP contribution is -2.01. The molecule has 0 unspecified atom stereocenters.